The monoisotopic (exact) mass is 399 g/mol. The number of rotatable bonds is 4. The third-order valence-corrected chi connectivity index (χ3v) is 5.07. The summed E-state index contributed by atoms with van der Waals surface area (Å²) in [5.74, 6) is 0. The lowest BCUT2D eigenvalue weighted by atomic mass is 10.2. The van der Waals surface area contributed by atoms with Crippen LogP contribution in [0.1, 0.15) is 18.1 Å². The van der Waals surface area contributed by atoms with Gasteiger partial charge in [0.15, 0.2) is 0 Å². The highest BCUT2D eigenvalue weighted by Gasteiger charge is 2.09. The Morgan fingerprint density at radius 3 is 2.58 bits per heavy atom. The minimum Gasteiger partial charge on any atom is -0.258 e. The summed E-state index contributed by atoms with van der Waals surface area (Å²) in [6, 6.07) is 16.5. The fraction of sp³-hybridized carbons (Fsp3) is 0.158. The summed E-state index contributed by atoms with van der Waals surface area (Å²) in [4.78, 5) is 5.46. The summed E-state index contributed by atoms with van der Waals surface area (Å²) < 4.78 is 2.96. The van der Waals surface area contributed by atoms with Gasteiger partial charge in [0.05, 0.1) is 11.9 Å². The van der Waals surface area contributed by atoms with E-state index in [1.165, 1.54) is 5.56 Å². The smallest absolute Gasteiger partial charge is 0.206 e. The Labute approximate surface area is 154 Å². The first-order valence-corrected chi connectivity index (χ1v) is 9.43. The van der Waals surface area contributed by atoms with Crippen LogP contribution in [-0.4, -0.2) is 17.4 Å². The van der Waals surface area contributed by atoms with Gasteiger partial charge in [-0.2, -0.15) is 5.10 Å². The summed E-state index contributed by atoms with van der Waals surface area (Å²) in [7, 11) is 0. The van der Waals surface area contributed by atoms with Crippen LogP contribution in [0.4, 0.5) is 0 Å². The van der Waals surface area contributed by atoms with Crippen LogP contribution in [0.25, 0.3) is 11.3 Å². The number of aromatic nitrogens is 1. The second kappa shape index (κ2) is 7.73. The minimum absolute atomic E-state index is 0.732. The van der Waals surface area contributed by atoms with Crippen LogP contribution < -0.4 is 4.80 Å². The van der Waals surface area contributed by atoms with Crippen molar-refractivity contribution in [1.29, 1.82) is 0 Å². The fourth-order valence-corrected chi connectivity index (χ4v) is 3.67. The van der Waals surface area contributed by atoms with Crippen molar-refractivity contribution in [3.8, 4) is 11.3 Å². The highest BCUT2D eigenvalue weighted by Crippen LogP contribution is 2.28. The molecule has 0 aliphatic heterocycles. The Morgan fingerprint density at radius 2 is 1.88 bits per heavy atom. The predicted octanol–water partition coefficient (Wildman–Crippen LogP) is 5.09. The molecule has 24 heavy (non-hydrogen) atoms. The molecule has 0 amide bonds. The quantitative estimate of drug-likeness (QED) is 0.546. The third-order valence-electron chi connectivity index (χ3n) is 3.53. The van der Waals surface area contributed by atoms with Gasteiger partial charge in [-0.05, 0) is 25.5 Å². The molecule has 1 heterocycles. The Hall–Kier alpha value is -1.98. The van der Waals surface area contributed by atoms with Crippen LogP contribution in [0, 0.1) is 6.92 Å². The number of aryl methyl sites for hydroxylation is 1. The number of nitrogens with zero attached hydrogens (tertiary/aromatic N) is 3. The van der Waals surface area contributed by atoms with E-state index in [9.17, 15) is 0 Å². The second-order valence-electron chi connectivity index (χ2n) is 5.32. The first kappa shape index (κ1) is 16.9. The highest BCUT2D eigenvalue weighted by atomic mass is 79.9. The van der Waals surface area contributed by atoms with Crippen molar-refractivity contribution in [2.45, 2.75) is 13.8 Å². The standard InChI is InChI=1S/C19H18BrN3S/c1-3-21-19-23(22-12-15-10-8-14(2)9-11-15)18(13-24-19)16-6-4-5-7-17(16)20/h4-13H,3H2,1-2H3. The van der Waals surface area contributed by atoms with E-state index in [0.29, 0.717) is 0 Å². The first-order chi connectivity index (χ1) is 11.7. The van der Waals surface area contributed by atoms with Crippen LogP contribution in [-0.2, 0) is 0 Å². The van der Waals surface area contributed by atoms with Crippen molar-refractivity contribution < 1.29 is 0 Å². The van der Waals surface area contributed by atoms with Crippen LogP contribution in [0.5, 0.6) is 0 Å². The van der Waals surface area contributed by atoms with Gasteiger partial charge in [-0.3, -0.25) is 4.99 Å². The van der Waals surface area contributed by atoms with E-state index in [1.807, 2.05) is 36.0 Å². The van der Waals surface area contributed by atoms with E-state index in [-0.39, 0.29) is 0 Å². The minimum atomic E-state index is 0.732. The Kier molecular flexibility index (Phi) is 5.43. The molecule has 0 unspecified atom stereocenters. The van der Waals surface area contributed by atoms with Gasteiger partial charge in [-0.15, -0.1) is 11.3 Å². The fourth-order valence-electron chi connectivity index (χ4n) is 2.29. The second-order valence-corrected chi connectivity index (χ2v) is 7.02. The number of hydrogen-bond acceptors (Lipinski definition) is 3. The molecule has 0 N–H and O–H groups in total. The number of hydrogen-bond donors (Lipinski definition) is 0. The molecule has 3 nitrogen and oxygen atoms in total. The molecule has 122 valence electrons. The van der Waals surface area contributed by atoms with E-state index < -0.39 is 0 Å². The molecule has 2 aromatic carbocycles. The van der Waals surface area contributed by atoms with Crippen LogP contribution in [0.3, 0.4) is 0 Å². The Bertz CT molecular complexity index is 920. The van der Waals surface area contributed by atoms with Crippen molar-refractivity contribution in [3.63, 3.8) is 0 Å². The van der Waals surface area contributed by atoms with Crippen molar-refractivity contribution in [2.24, 2.45) is 10.1 Å². The average molecular weight is 400 g/mol. The van der Waals surface area contributed by atoms with Crippen LogP contribution in [0.15, 0.2) is 68.5 Å². The lowest BCUT2D eigenvalue weighted by Gasteiger charge is -2.05. The number of benzene rings is 2. The van der Waals surface area contributed by atoms with Crippen molar-refractivity contribution in [1.82, 2.24) is 4.68 Å². The van der Waals surface area contributed by atoms with Gasteiger partial charge in [-0.25, -0.2) is 4.68 Å². The molecule has 5 heteroatoms. The van der Waals surface area contributed by atoms with Gasteiger partial charge in [0.2, 0.25) is 4.80 Å². The van der Waals surface area contributed by atoms with E-state index in [4.69, 9.17) is 0 Å². The van der Waals surface area contributed by atoms with Gasteiger partial charge < -0.3 is 0 Å². The molecular weight excluding hydrogens is 382 g/mol. The number of thiazole rings is 1. The summed E-state index contributed by atoms with van der Waals surface area (Å²) >= 11 is 5.23. The Morgan fingerprint density at radius 1 is 1.12 bits per heavy atom. The lowest BCUT2D eigenvalue weighted by molar-refractivity contribution is 0.832. The molecule has 0 radical (unpaired) electrons. The maximum atomic E-state index is 4.69. The molecule has 0 spiro atoms. The molecule has 3 rings (SSSR count). The molecule has 0 bridgehead atoms. The number of halogens is 1. The zero-order chi connectivity index (χ0) is 16.9. The molecule has 3 aromatic rings. The van der Waals surface area contributed by atoms with E-state index in [1.54, 1.807) is 11.3 Å². The zero-order valence-electron chi connectivity index (χ0n) is 13.6. The van der Waals surface area contributed by atoms with Crippen molar-refractivity contribution >= 4 is 33.5 Å². The molecule has 0 aliphatic carbocycles. The SMILES string of the molecule is CCN=c1scc(-c2ccccc2Br)n1N=Cc1ccc(C)cc1. The first-order valence-electron chi connectivity index (χ1n) is 7.76. The molecule has 0 saturated carbocycles. The molecule has 0 fully saturated rings. The maximum Gasteiger partial charge on any atom is 0.206 e. The van der Waals surface area contributed by atoms with E-state index in [0.717, 1.165) is 32.6 Å². The highest BCUT2D eigenvalue weighted by molar-refractivity contribution is 9.10. The average Bonchev–Trinajstić information content (AvgIpc) is 2.98. The van der Waals surface area contributed by atoms with Gasteiger partial charge >= 0.3 is 0 Å². The van der Waals surface area contributed by atoms with Crippen LogP contribution >= 0.6 is 27.3 Å². The normalized spacial score (nSPS) is 12.2. The van der Waals surface area contributed by atoms with Crippen LogP contribution in [0.2, 0.25) is 0 Å². The van der Waals surface area contributed by atoms with E-state index >= 15 is 0 Å². The van der Waals surface area contributed by atoms with Crippen molar-refractivity contribution in [3.05, 3.63) is 74.3 Å². The Balaban J connectivity index is 2.08. The van der Waals surface area contributed by atoms with Gasteiger partial charge in [-0.1, -0.05) is 64.0 Å². The summed E-state index contributed by atoms with van der Waals surface area (Å²) in [6.45, 7) is 4.85. The zero-order valence-corrected chi connectivity index (χ0v) is 16.0. The van der Waals surface area contributed by atoms with Gasteiger partial charge in [0.25, 0.3) is 0 Å². The lowest BCUT2D eigenvalue weighted by Crippen LogP contribution is -2.12. The molecular formula is C19H18BrN3S. The van der Waals surface area contributed by atoms with Gasteiger partial charge in [0.1, 0.15) is 0 Å². The molecule has 0 saturated heterocycles. The summed E-state index contributed by atoms with van der Waals surface area (Å²) in [5, 5.41) is 6.79. The van der Waals surface area contributed by atoms with Gasteiger partial charge in [0, 0.05) is 22.0 Å². The topological polar surface area (TPSA) is 29.6 Å². The molecule has 1 aromatic heterocycles. The van der Waals surface area contributed by atoms with E-state index in [2.05, 4.69) is 68.7 Å². The summed E-state index contributed by atoms with van der Waals surface area (Å²) in [5.41, 5.74) is 4.45. The maximum absolute atomic E-state index is 4.69. The third kappa shape index (κ3) is 3.74. The molecule has 0 atom stereocenters. The van der Waals surface area contributed by atoms with Crippen molar-refractivity contribution in [2.75, 3.05) is 6.54 Å². The summed E-state index contributed by atoms with van der Waals surface area (Å²) in [6.07, 6.45) is 1.88. The largest absolute Gasteiger partial charge is 0.258 e. The predicted molar refractivity (Wildman–Crippen MR) is 106 cm³/mol. The molecule has 0 aliphatic rings.